The van der Waals surface area contributed by atoms with Crippen molar-refractivity contribution in [2.45, 2.75) is 44.2 Å². The lowest BCUT2D eigenvalue weighted by atomic mass is 10.1. The van der Waals surface area contributed by atoms with E-state index in [2.05, 4.69) is 38.9 Å². The number of carbonyl (C=O) groups is 1. The van der Waals surface area contributed by atoms with Gasteiger partial charge in [0.2, 0.25) is 10.0 Å². The van der Waals surface area contributed by atoms with Crippen LogP contribution >= 0.6 is 11.6 Å². The summed E-state index contributed by atoms with van der Waals surface area (Å²) in [5, 5.41) is 3.01. The molecule has 2 aromatic rings. The number of nitrogens with one attached hydrogen (secondary N) is 2. The number of hydrogen-bond acceptors (Lipinski definition) is 5. The summed E-state index contributed by atoms with van der Waals surface area (Å²) in [6.07, 6.45) is 0. The number of nitrogens with zero attached hydrogens (tertiary/aromatic N) is 2. The Labute approximate surface area is 202 Å². The minimum atomic E-state index is -3.86. The lowest BCUT2D eigenvalue weighted by Crippen LogP contribution is -2.52. The molecule has 180 valence electrons. The molecule has 2 aromatic carbocycles. The Morgan fingerprint density at radius 2 is 1.70 bits per heavy atom. The van der Waals surface area contributed by atoms with Crippen molar-refractivity contribution in [1.29, 1.82) is 0 Å². The van der Waals surface area contributed by atoms with Crippen LogP contribution in [0.4, 0.5) is 5.69 Å². The van der Waals surface area contributed by atoms with Crippen LogP contribution in [0.2, 0.25) is 5.02 Å². The first-order chi connectivity index (χ1) is 15.5. The maximum Gasteiger partial charge on any atom is 0.251 e. The number of sulfonamides is 1. The maximum atomic E-state index is 12.7. The molecule has 0 spiro atoms. The molecular weight excluding hydrogens is 460 g/mol. The zero-order valence-electron chi connectivity index (χ0n) is 19.6. The molecule has 1 atom stereocenters. The second-order valence-corrected chi connectivity index (χ2v) is 11.5. The van der Waals surface area contributed by atoms with Crippen LogP contribution in [0.3, 0.4) is 0 Å². The second-order valence-electron chi connectivity index (χ2n) is 9.42. The molecule has 1 aliphatic heterocycles. The van der Waals surface area contributed by atoms with E-state index in [0.29, 0.717) is 6.54 Å². The van der Waals surface area contributed by atoms with Gasteiger partial charge >= 0.3 is 0 Å². The molecule has 1 saturated heterocycles. The maximum absolute atomic E-state index is 12.7. The van der Waals surface area contributed by atoms with Gasteiger partial charge in [0, 0.05) is 55.6 Å². The average Bonchev–Trinajstić information content (AvgIpc) is 2.76. The smallest absolute Gasteiger partial charge is 0.251 e. The molecular formula is C24H33ClN4O3S. The van der Waals surface area contributed by atoms with Gasteiger partial charge in [0.05, 0.1) is 5.02 Å². The minimum absolute atomic E-state index is 0.0768. The quantitative estimate of drug-likeness (QED) is 0.619. The van der Waals surface area contributed by atoms with Crippen molar-refractivity contribution in [3.63, 3.8) is 0 Å². The summed E-state index contributed by atoms with van der Waals surface area (Å²) in [5.41, 5.74) is 0.822. The van der Waals surface area contributed by atoms with Gasteiger partial charge in [-0.15, -0.1) is 0 Å². The molecule has 33 heavy (non-hydrogen) atoms. The van der Waals surface area contributed by atoms with E-state index in [4.69, 9.17) is 11.6 Å². The van der Waals surface area contributed by atoms with Crippen molar-refractivity contribution in [3.8, 4) is 0 Å². The van der Waals surface area contributed by atoms with Crippen LogP contribution in [-0.2, 0) is 10.0 Å². The Morgan fingerprint density at radius 1 is 1.06 bits per heavy atom. The van der Waals surface area contributed by atoms with Gasteiger partial charge < -0.3 is 10.2 Å². The summed E-state index contributed by atoms with van der Waals surface area (Å²) < 4.78 is 28.0. The number of hydrogen-bond donors (Lipinski definition) is 2. The van der Waals surface area contributed by atoms with Gasteiger partial charge in [0.1, 0.15) is 4.90 Å². The fourth-order valence-electron chi connectivity index (χ4n) is 3.84. The van der Waals surface area contributed by atoms with Crippen LogP contribution in [0.1, 0.15) is 38.1 Å². The highest BCUT2D eigenvalue weighted by atomic mass is 35.5. The number of halogens is 1. The Kier molecular flexibility index (Phi) is 8.05. The van der Waals surface area contributed by atoms with Crippen LogP contribution < -0.4 is 14.9 Å². The van der Waals surface area contributed by atoms with Crippen LogP contribution in [0, 0.1) is 0 Å². The lowest BCUT2D eigenvalue weighted by molar-refractivity contribution is 0.0934. The van der Waals surface area contributed by atoms with Crippen molar-refractivity contribution in [2.75, 3.05) is 37.6 Å². The van der Waals surface area contributed by atoms with E-state index in [1.165, 1.54) is 23.9 Å². The zero-order chi connectivity index (χ0) is 24.2. The number of benzene rings is 2. The molecule has 0 aliphatic carbocycles. The number of carbonyl (C=O) groups excluding carboxylic acids is 1. The summed E-state index contributed by atoms with van der Waals surface area (Å²) in [6.45, 7) is 11.5. The fraction of sp³-hybridized carbons (Fsp3) is 0.458. The third-order valence-electron chi connectivity index (χ3n) is 5.54. The molecule has 1 fully saturated rings. The second kappa shape index (κ2) is 10.4. The molecule has 0 radical (unpaired) electrons. The molecule has 3 rings (SSSR count). The standard InChI is InChI=1S/C24H33ClN4O3S/c1-18(28-12-14-29(15-13-28)20-8-6-5-7-9-20)17-26-23(30)19-10-11-21(25)22(16-19)33(31,32)27-24(2,3)4/h5-11,16,18,27H,12-15,17H2,1-4H3,(H,26,30). The van der Waals surface area contributed by atoms with Crippen molar-refractivity contribution in [3.05, 3.63) is 59.1 Å². The average molecular weight is 493 g/mol. The normalized spacial score (nSPS) is 16.5. The van der Waals surface area contributed by atoms with Crippen molar-refractivity contribution in [2.24, 2.45) is 0 Å². The minimum Gasteiger partial charge on any atom is -0.369 e. The highest BCUT2D eigenvalue weighted by Gasteiger charge is 2.26. The highest BCUT2D eigenvalue weighted by molar-refractivity contribution is 7.89. The fourth-order valence-corrected chi connectivity index (χ4v) is 5.79. The molecule has 2 N–H and O–H groups in total. The van der Waals surface area contributed by atoms with Gasteiger partial charge in [0.15, 0.2) is 0 Å². The molecule has 1 unspecified atom stereocenters. The predicted molar refractivity (Wildman–Crippen MR) is 134 cm³/mol. The highest BCUT2D eigenvalue weighted by Crippen LogP contribution is 2.24. The Bertz CT molecular complexity index is 1060. The van der Waals surface area contributed by atoms with Gasteiger partial charge in [0.25, 0.3) is 5.91 Å². The van der Waals surface area contributed by atoms with E-state index < -0.39 is 15.6 Å². The van der Waals surface area contributed by atoms with Gasteiger partial charge in [-0.1, -0.05) is 29.8 Å². The van der Waals surface area contributed by atoms with Crippen molar-refractivity contribution < 1.29 is 13.2 Å². The van der Waals surface area contributed by atoms with Gasteiger partial charge in [-0.2, -0.15) is 0 Å². The van der Waals surface area contributed by atoms with Gasteiger partial charge in [-0.25, -0.2) is 13.1 Å². The molecule has 0 aromatic heterocycles. The summed E-state index contributed by atoms with van der Waals surface area (Å²) in [5.74, 6) is -0.325. The number of amides is 1. The summed E-state index contributed by atoms with van der Waals surface area (Å²) in [4.78, 5) is 17.4. The molecule has 1 heterocycles. The van der Waals surface area contributed by atoms with Gasteiger partial charge in [-0.3, -0.25) is 9.69 Å². The SMILES string of the molecule is CC(CNC(=O)c1ccc(Cl)c(S(=O)(=O)NC(C)(C)C)c1)N1CCN(c2ccccc2)CC1. The topological polar surface area (TPSA) is 81.7 Å². The predicted octanol–water partition coefficient (Wildman–Crippen LogP) is 3.36. The molecule has 0 bridgehead atoms. The zero-order valence-corrected chi connectivity index (χ0v) is 21.2. The molecule has 7 nitrogen and oxygen atoms in total. The van der Waals surface area contributed by atoms with E-state index in [-0.39, 0.29) is 27.4 Å². The Morgan fingerprint density at radius 3 is 2.30 bits per heavy atom. The van der Waals surface area contributed by atoms with E-state index in [0.717, 1.165) is 26.2 Å². The van der Waals surface area contributed by atoms with Crippen molar-refractivity contribution >= 4 is 33.2 Å². The summed E-state index contributed by atoms with van der Waals surface area (Å²) in [6, 6.07) is 14.8. The van der Waals surface area contributed by atoms with Crippen LogP contribution in [0.5, 0.6) is 0 Å². The molecule has 1 amide bonds. The largest absolute Gasteiger partial charge is 0.369 e. The van der Waals surface area contributed by atoms with Crippen LogP contribution in [0.15, 0.2) is 53.4 Å². The third-order valence-corrected chi connectivity index (χ3v) is 7.78. The summed E-state index contributed by atoms with van der Waals surface area (Å²) in [7, 11) is -3.86. The third kappa shape index (κ3) is 6.93. The Balaban J connectivity index is 1.57. The number of para-hydroxylation sites is 1. The van der Waals surface area contributed by atoms with E-state index in [1.807, 2.05) is 18.2 Å². The monoisotopic (exact) mass is 492 g/mol. The van der Waals surface area contributed by atoms with Gasteiger partial charge in [-0.05, 0) is 58.0 Å². The lowest BCUT2D eigenvalue weighted by Gasteiger charge is -2.39. The molecule has 9 heteroatoms. The number of rotatable bonds is 7. The summed E-state index contributed by atoms with van der Waals surface area (Å²) >= 11 is 6.14. The van der Waals surface area contributed by atoms with Crippen molar-refractivity contribution in [1.82, 2.24) is 14.9 Å². The molecule has 1 aliphatic rings. The number of piperazine rings is 1. The van der Waals surface area contributed by atoms with E-state index >= 15 is 0 Å². The van der Waals surface area contributed by atoms with Crippen LogP contribution in [0.25, 0.3) is 0 Å². The first-order valence-electron chi connectivity index (χ1n) is 11.1. The first-order valence-corrected chi connectivity index (χ1v) is 13.0. The Hall–Kier alpha value is -2.13. The van der Waals surface area contributed by atoms with Crippen LogP contribution in [-0.4, -0.2) is 63.5 Å². The van der Waals surface area contributed by atoms with E-state index in [9.17, 15) is 13.2 Å². The first kappa shape index (κ1) is 25.5. The number of anilines is 1. The molecule has 0 saturated carbocycles. The van der Waals surface area contributed by atoms with E-state index in [1.54, 1.807) is 20.8 Å².